The average molecular weight is 581 g/mol. The first-order chi connectivity index (χ1) is 18.5. The fraction of sp³-hybridized carbons (Fsp3) is 0.778. The lowest BCUT2D eigenvalue weighted by molar-refractivity contribution is -0.174. The molecule has 0 radical (unpaired) electrons. The van der Waals surface area contributed by atoms with E-state index in [-0.39, 0.29) is 18.1 Å². The van der Waals surface area contributed by atoms with Gasteiger partial charge in [0.15, 0.2) is 0 Å². The first-order valence-corrected chi connectivity index (χ1v) is 14.8. The standard InChI is InChI=1S/C27H43F3N2O6S/c1-4-5-6-7-8-9-10-11-12-13-14-15-16-22(21-17-18-23(33)38-21)39-19-20(31-25(35)27(28,29)30)24(34)32(2)26(36)37-3/h15-16,20-22H,4-14,17-19H2,1-3H3,(H,31,35)/t20?,21-,22+/m1/s1. The minimum Gasteiger partial charge on any atom is -0.461 e. The number of ether oxygens (including phenoxy) is 2. The van der Waals surface area contributed by atoms with Gasteiger partial charge in [0.2, 0.25) is 0 Å². The van der Waals surface area contributed by atoms with Crippen LogP contribution in [-0.4, -0.2) is 72.3 Å². The van der Waals surface area contributed by atoms with Crippen molar-refractivity contribution in [3.63, 3.8) is 0 Å². The van der Waals surface area contributed by atoms with E-state index in [4.69, 9.17) is 4.74 Å². The second-order valence-corrected chi connectivity index (χ2v) is 10.9. The molecule has 0 aromatic rings. The monoisotopic (exact) mass is 580 g/mol. The van der Waals surface area contributed by atoms with Crippen molar-refractivity contribution in [3.05, 3.63) is 12.2 Å². The lowest BCUT2D eigenvalue weighted by Gasteiger charge is -2.25. The molecule has 1 heterocycles. The minimum atomic E-state index is -5.21. The number of nitrogens with zero attached hydrogens (tertiary/aromatic N) is 1. The van der Waals surface area contributed by atoms with E-state index in [2.05, 4.69) is 11.7 Å². The number of nitrogens with one attached hydrogen (secondary N) is 1. The molecule has 0 aliphatic carbocycles. The van der Waals surface area contributed by atoms with Gasteiger partial charge in [-0.15, -0.1) is 11.8 Å². The van der Waals surface area contributed by atoms with Crippen molar-refractivity contribution in [2.45, 2.75) is 114 Å². The zero-order valence-corrected chi connectivity index (χ0v) is 24.0. The first kappa shape index (κ1) is 34.8. The highest BCUT2D eigenvalue weighted by atomic mass is 32.2. The summed E-state index contributed by atoms with van der Waals surface area (Å²) in [5, 5.41) is 1.24. The van der Waals surface area contributed by atoms with E-state index in [0.29, 0.717) is 11.3 Å². The van der Waals surface area contributed by atoms with E-state index >= 15 is 0 Å². The smallest absolute Gasteiger partial charge is 0.461 e. The molecule has 1 rings (SSSR count). The Morgan fingerprint density at radius 3 is 2.21 bits per heavy atom. The highest BCUT2D eigenvalue weighted by Crippen LogP contribution is 2.28. The molecule has 0 aromatic heterocycles. The molecule has 224 valence electrons. The number of amides is 3. The van der Waals surface area contributed by atoms with Gasteiger partial charge in [-0.3, -0.25) is 14.4 Å². The molecule has 1 aliphatic rings. The number of rotatable bonds is 18. The maximum Gasteiger partial charge on any atom is 0.471 e. The van der Waals surface area contributed by atoms with Crippen LogP contribution >= 0.6 is 11.8 Å². The molecule has 1 N–H and O–H groups in total. The number of methoxy groups -OCH3 is 1. The molecular formula is C27H43F3N2O6S. The summed E-state index contributed by atoms with van der Waals surface area (Å²) in [6, 6.07) is -1.65. The van der Waals surface area contributed by atoms with Gasteiger partial charge in [-0.1, -0.05) is 76.9 Å². The summed E-state index contributed by atoms with van der Waals surface area (Å²) >= 11 is 1.08. The summed E-state index contributed by atoms with van der Waals surface area (Å²) in [6.07, 6.45) is 10.6. The zero-order valence-electron chi connectivity index (χ0n) is 23.2. The largest absolute Gasteiger partial charge is 0.471 e. The van der Waals surface area contributed by atoms with Gasteiger partial charge in [-0.05, 0) is 19.3 Å². The van der Waals surface area contributed by atoms with E-state index in [0.717, 1.165) is 51.6 Å². The van der Waals surface area contributed by atoms with Crippen LogP contribution in [0.3, 0.4) is 0 Å². The molecule has 3 amide bonds. The van der Waals surface area contributed by atoms with Crippen LogP contribution in [0.25, 0.3) is 0 Å². The molecule has 1 fully saturated rings. The Kier molecular flexibility index (Phi) is 16.9. The summed E-state index contributed by atoms with van der Waals surface area (Å²) in [4.78, 5) is 48.2. The van der Waals surface area contributed by atoms with Crippen molar-refractivity contribution in [3.8, 4) is 0 Å². The number of unbranched alkanes of at least 4 members (excludes halogenated alkanes) is 10. The number of esters is 1. The Hall–Kier alpha value is -2.24. The van der Waals surface area contributed by atoms with Gasteiger partial charge in [0.1, 0.15) is 12.1 Å². The van der Waals surface area contributed by atoms with E-state index < -0.39 is 41.5 Å². The van der Waals surface area contributed by atoms with E-state index in [1.54, 1.807) is 5.32 Å². The highest BCUT2D eigenvalue weighted by molar-refractivity contribution is 8.00. The highest BCUT2D eigenvalue weighted by Gasteiger charge is 2.42. The summed E-state index contributed by atoms with van der Waals surface area (Å²) in [5.41, 5.74) is 0. The van der Waals surface area contributed by atoms with E-state index in [1.165, 1.54) is 44.9 Å². The average Bonchev–Trinajstić information content (AvgIpc) is 3.33. The maximum atomic E-state index is 12.9. The topological polar surface area (TPSA) is 102 Å². The summed E-state index contributed by atoms with van der Waals surface area (Å²) in [7, 11) is 2.07. The molecule has 3 atom stereocenters. The molecule has 39 heavy (non-hydrogen) atoms. The molecular weight excluding hydrogens is 537 g/mol. The zero-order chi connectivity index (χ0) is 29.3. The predicted octanol–water partition coefficient (Wildman–Crippen LogP) is 5.93. The second kappa shape index (κ2) is 18.9. The predicted molar refractivity (Wildman–Crippen MR) is 144 cm³/mol. The van der Waals surface area contributed by atoms with Crippen molar-refractivity contribution in [1.29, 1.82) is 0 Å². The number of imide groups is 1. The molecule has 0 saturated carbocycles. The van der Waals surface area contributed by atoms with Crippen LogP contribution in [0.15, 0.2) is 12.2 Å². The maximum absolute atomic E-state index is 12.9. The van der Waals surface area contributed by atoms with Crippen molar-refractivity contribution in [1.82, 2.24) is 10.2 Å². The summed E-state index contributed by atoms with van der Waals surface area (Å²) in [5.74, 6) is -3.98. The van der Waals surface area contributed by atoms with Crippen LogP contribution < -0.4 is 5.32 Å². The van der Waals surface area contributed by atoms with Crippen molar-refractivity contribution >= 4 is 35.6 Å². The third-order valence-electron chi connectivity index (χ3n) is 6.43. The van der Waals surface area contributed by atoms with Crippen molar-refractivity contribution < 1.29 is 41.8 Å². The molecule has 12 heteroatoms. The lowest BCUT2D eigenvalue weighted by Crippen LogP contribution is -2.53. The summed E-state index contributed by atoms with van der Waals surface area (Å²) in [6.45, 7) is 2.21. The molecule has 1 saturated heterocycles. The van der Waals surface area contributed by atoms with Crippen LogP contribution in [0.2, 0.25) is 0 Å². The Balaban J connectivity index is 2.69. The lowest BCUT2D eigenvalue weighted by atomic mass is 10.1. The number of alkyl halides is 3. The van der Waals surface area contributed by atoms with Crippen molar-refractivity contribution in [2.24, 2.45) is 0 Å². The number of carbonyl (C=O) groups is 4. The van der Waals surface area contributed by atoms with E-state index in [9.17, 15) is 32.3 Å². The van der Waals surface area contributed by atoms with Gasteiger partial charge in [-0.25, -0.2) is 9.69 Å². The van der Waals surface area contributed by atoms with Crippen LogP contribution in [-0.2, 0) is 23.9 Å². The Morgan fingerprint density at radius 2 is 1.69 bits per heavy atom. The molecule has 1 unspecified atom stereocenters. The molecule has 0 spiro atoms. The summed E-state index contributed by atoms with van der Waals surface area (Å²) < 4.78 is 48.5. The van der Waals surface area contributed by atoms with Crippen LogP contribution in [0.4, 0.5) is 18.0 Å². The van der Waals surface area contributed by atoms with Crippen molar-refractivity contribution in [2.75, 3.05) is 19.9 Å². The fourth-order valence-corrected chi connectivity index (χ4v) is 5.40. The number of halogens is 3. The minimum absolute atomic E-state index is 0.228. The SMILES string of the molecule is CCCCCCCCCCCCC=C[C@H](SCC(NC(=O)C(F)(F)F)C(=O)N(C)C(=O)OC)[C@H]1CCC(=O)O1. The number of thioether (sulfide) groups is 1. The Bertz CT molecular complexity index is 809. The van der Waals surface area contributed by atoms with Crippen LogP contribution in [0.1, 0.15) is 90.4 Å². The van der Waals surface area contributed by atoms with Gasteiger partial charge >= 0.3 is 24.1 Å². The third kappa shape index (κ3) is 14.1. The second-order valence-electron chi connectivity index (χ2n) is 9.65. The molecule has 0 bridgehead atoms. The molecule has 1 aliphatic heterocycles. The van der Waals surface area contributed by atoms with Gasteiger partial charge in [0.25, 0.3) is 5.91 Å². The quantitative estimate of drug-likeness (QED) is 0.122. The fourth-order valence-electron chi connectivity index (χ4n) is 4.13. The van der Waals surface area contributed by atoms with E-state index in [1.807, 2.05) is 12.2 Å². The normalized spacial score (nSPS) is 17.1. The number of hydrogen-bond donors (Lipinski definition) is 1. The number of likely N-dealkylation sites (N-methyl/N-ethyl adjacent to an activating group) is 1. The number of hydrogen-bond acceptors (Lipinski definition) is 7. The first-order valence-electron chi connectivity index (χ1n) is 13.7. The van der Waals surface area contributed by atoms with Crippen LogP contribution in [0.5, 0.6) is 0 Å². The van der Waals surface area contributed by atoms with Crippen LogP contribution in [0, 0.1) is 0 Å². The van der Waals surface area contributed by atoms with Gasteiger partial charge in [-0.2, -0.15) is 13.2 Å². The molecule has 0 aromatic carbocycles. The number of allylic oxidation sites excluding steroid dienone is 1. The number of carbonyl (C=O) groups excluding carboxylic acids is 4. The van der Waals surface area contributed by atoms with Gasteiger partial charge < -0.3 is 14.8 Å². The number of cyclic esters (lactones) is 1. The third-order valence-corrected chi connectivity index (χ3v) is 7.80. The Labute approximate surface area is 233 Å². The van der Waals surface area contributed by atoms with Gasteiger partial charge in [0.05, 0.1) is 12.4 Å². The molecule has 8 nitrogen and oxygen atoms in total. The Morgan fingerprint density at radius 1 is 1.10 bits per heavy atom. The van der Waals surface area contributed by atoms with Gasteiger partial charge in [0, 0.05) is 19.2 Å².